The number of nitrogens with zero attached hydrogens (tertiary/aromatic N) is 1. The first-order chi connectivity index (χ1) is 10.8. The molecule has 3 rings (SSSR count). The number of furan rings is 1. The van der Waals surface area contributed by atoms with Crippen molar-refractivity contribution in [2.24, 2.45) is 10.2 Å². The number of carbonyl (C=O) groups excluding carboxylic acids is 1. The average molecular weight is 331 g/mol. The lowest BCUT2D eigenvalue weighted by molar-refractivity contribution is -0.116. The van der Waals surface area contributed by atoms with Crippen molar-refractivity contribution >= 4 is 27.7 Å². The molecule has 0 saturated heterocycles. The predicted molar refractivity (Wildman–Crippen MR) is 84.7 cm³/mol. The predicted octanol–water partition coefficient (Wildman–Crippen LogP) is 1.48. The quantitative estimate of drug-likeness (QED) is 0.829. The summed E-state index contributed by atoms with van der Waals surface area (Å²) in [5.41, 5.74) is 4.09. The Bertz CT molecular complexity index is 937. The van der Waals surface area contributed by atoms with Gasteiger partial charge >= 0.3 is 0 Å². The zero-order chi connectivity index (χ0) is 16.6. The van der Waals surface area contributed by atoms with E-state index < -0.39 is 10.0 Å². The summed E-state index contributed by atoms with van der Waals surface area (Å²) >= 11 is 0. The van der Waals surface area contributed by atoms with Crippen LogP contribution in [0, 0.1) is 0 Å². The van der Waals surface area contributed by atoms with Crippen LogP contribution in [0.5, 0.6) is 0 Å². The van der Waals surface area contributed by atoms with E-state index in [0.717, 1.165) is 0 Å². The number of carbonyl (C=O) groups is 1. The van der Waals surface area contributed by atoms with Gasteiger partial charge in [-0.2, -0.15) is 5.10 Å². The Balaban J connectivity index is 1.89. The van der Waals surface area contributed by atoms with Gasteiger partial charge in [0.05, 0.1) is 16.2 Å². The first-order valence-corrected chi connectivity index (χ1v) is 8.19. The molecule has 3 N–H and O–H groups in total. The molecular weight excluding hydrogens is 318 g/mol. The zero-order valence-corrected chi connectivity index (χ0v) is 12.9. The highest BCUT2D eigenvalue weighted by Gasteiger charge is 2.19. The number of hydrogen-bond acceptors (Lipinski definition) is 5. The van der Waals surface area contributed by atoms with Crippen LogP contribution >= 0.6 is 0 Å². The van der Waals surface area contributed by atoms with Gasteiger partial charge in [0.15, 0.2) is 0 Å². The number of hydrogen-bond donors (Lipinski definition) is 2. The van der Waals surface area contributed by atoms with Crippen LogP contribution in [0.15, 0.2) is 56.4 Å². The number of benzene rings is 1. The highest BCUT2D eigenvalue weighted by molar-refractivity contribution is 7.89. The highest BCUT2D eigenvalue weighted by Crippen LogP contribution is 2.25. The van der Waals surface area contributed by atoms with E-state index >= 15 is 0 Å². The Kier molecular flexibility index (Phi) is 3.63. The minimum atomic E-state index is -3.72. The lowest BCUT2D eigenvalue weighted by atomic mass is 10.1. The Hall–Kier alpha value is -2.71. The summed E-state index contributed by atoms with van der Waals surface area (Å²) < 4.78 is 28.1. The Morgan fingerprint density at radius 1 is 1.17 bits per heavy atom. The SMILES string of the molecule is CC1=NNC(=O)/C1=C\c1ccc(-c2ccc(S(N)(=O)=O)cc2)o1. The molecule has 2 aromatic rings. The van der Waals surface area contributed by atoms with Gasteiger partial charge in [-0.15, -0.1) is 0 Å². The van der Waals surface area contributed by atoms with Gasteiger partial charge in [-0.1, -0.05) is 0 Å². The molecule has 0 atom stereocenters. The molecule has 1 aliphatic rings. The second kappa shape index (κ2) is 5.49. The topological polar surface area (TPSA) is 115 Å². The fraction of sp³-hybridized carbons (Fsp3) is 0.0667. The van der Waals surface area contributed by atoms with Gasteiger partial charge in [0, 0.05) is 5.56 Å². The fourth-order valence-corrected chi connectivity index (χ4v) is 2.64. The van der Waals surface area contributed by atoms with E-state index in [4.69, 9.17) is 9.56 Å². The summed E-state index contributed by atoms with van der Waals surface area (Å²) in [6.07, 6.45) is 1.60. The first kappa shape index (κ1) is 15.2. The lowest BCUT2D eigenvalue weighted by Crippen LogP contribution is -2.12. The second-order valence-electron chi connectivity index (χ2n) is 4.97. The van der Waals surface area contributed by atoms with Crippen LogP contribution in [0.1, 0.15) is 12.7 Å². The number of nitrogens with two attached hydrogens (primary N) is 1. The molecule has 1 aliphatic heterocycles. The van der Waals surface area contributed by atoms with Crippen LogP contribution in [-0.2, 0) is 14.8 Å². The van der Waals surface area contributed by atoms with E-state index in [1.54, 1.807) is 37.3 Å². The molecule has 118 valence electrons. The second-order valence-corrected chi connectivity index (χ2v) is 6.53. The van der Waals surface area contributed by atoms with Crippen LogP contribution in [0.4, 0.5) is 0 Å². The fourth-order valence-electron chi connectivity index (χ4n) is 2.13. The van der Waals surface area contributed by atoms with E-state index in [1.807, 2.05) is 0 Å². The maximum Gasteiger partial charge on any atom is 0.273 e. The minimum Gasteiger partial charge on any atom is -0.457 e. The maximum atomic E-state index is 11.6. The third kappa shape index (κ3) is 3.08. The smallest absolute Gasteiger partial charge is 0.273 e. The Labute approximate surface area is 132 Å². The van der Waals surface area contributed by atoms with Crippen molar-refractivity contribution in [1.29, 1.82) is 0 Å². The van der Waals surface area contributed by atoms with Gasteiger partial charge in [0.2, 0.25) is 10.0 Å². The number of rotatable bonds is 3. The third-order valence-corrected chi connectivity index (χ3v) is 4.27. The van der Waals surface area contributed by atoms with E-state index in [1.165, 1.54) is 12.1 Å². The van der Waals surface area contributed by atoms with Gasteiger partial charge in [-0.05, 0) is 49.4 Å². The lowest BCUT2D eigenvalue weighted by Gasteiger charge is -2.00. The van der Waals surface area contributed by atoms with Crippen molar-refractivity contribution in [3.63, 3.8) is 0 Å². The molecule has 1 aromatic heterocycles. The summed E-state index contributed by atoms with van der Waals surface area (Å²) in [7, 11) is -3.72. The van der Waals surface area contributed by atoms with Gasteiger partial charge in [0.25, 0.3) is 5.91 Å². The van der Waals surface area contributed by atoms with Crippen molar-refractivity contribution in [3.05, 3.63) is 47.7 Å². The summed E-state index contributed by atoms with van der Waals surface area (Å²) in [6.45, 7) is 1.72. The molecule has 0 aliphatic carbocycles. The monoisotopic (exact) mass is 331 g/mol. The van der Waals surface area contributed by atoms with Crippen molar-refractivity contribution < 1.29 is 17.6 Å². The van der Waals surface area contributed by atoms with Crippen molar-refractivity contribution in [2.75, 3.05) is 0 Å². The zero-order valence-electron chi connectivity index (χ0n) is 12.1. The van der Waals surface area contributed by atoms with Crippen LogP contribution < -0.4 is 10.6 Å². The van der Waals surface area contributed by atoms with Gasteiger partial charge < -0.3 is 4.42 Å². The normalized spacial score (nSPS) is 16.5. The summed E-state index contributed by atoms with van der Waals surface area (Å²) in [5.74, 6) is 0.765. The van der Waals surface area contributed by atoms with Crippen molar-refractivity contribution in [3.8, 4) is 11.3 Å². The molecule has 0 saturated carbocycles. The molecule has 7 nitrogen and oxygen atoms in total. The average Bonchev–Trinajstić information content (AvgIpc) is 3.09. The van der Waals surface area contributed by atoms with Crippen LogP contribution in [-0.4, -0.2) is 20.0 Å². The minimum absolute atomic E-state index is 0.0320. The molecule has 1 amide bonds. The molecule has 2 heterocycles. The number of sulfonamides is 1. The molecule has 23 heavy (non-hydrogen) atoms. The highest BCUT2D eigenvalue weighted by atomic mass is 32.2. The van der Waals surface area contributed by atoms with E-state index in [9.17, 15) is 13.2 Å². The number of amides is 1. The molecule has 8 heteroatoms. The maximum absolute atomic E-state index is 11.6. The van der Waals surface area contributed by atoms with Gasteiger partial charge in [0.1, 0.15) is 11.5 Å². The molecule has 0 fully saturated rings. The summed E-state index contributed by atoms with van der Waals surface area (Å²) in [5, 5.41) is 8.89. The van der Waals surface area contributed by atoms with Gasteiger partial charge in [-0.25, -0.2) is 19.0 Å². The number of primary sulfonamides is 1. The van der Waals surface area contributed by atoms with E-state index in [-0.39, 0.29) is 10.8 Å². The largest absolute Gasteiger partial charge is 0.457 e. The molecule has 0 unspecified atom stereocenters. The van der Waals surface area contributed by atoms with Crippen LogP contribution in [0.2, 0.25) is 0 Å². The molecule has 0 radical (unpaired) electrons. The molecular formula is C15H13N3O4S. The van der Waals surface area contributed by atoms with E-state index in [0.29, 0.717) is 28.4 Å². The molecule has 1 aromatic carbocycles. The van der Waals surface area contributed by atoms with Crippen LogP contribution in [0.3, 0.4) is 0 Å². The standard InChI is InChI=1S/C15H13N3O4S/c1-9-13(15(19)18-17-9)8-11-4-7-14(22-11)10-2-5-12(6-3-10)23(16,20)21/h2-8H,1H3,(H,18,19)(H2,16,20,21)/b13-8-. The molecule has 0 bridgehead atoms. The Morgan fingerprint density at radius 3 is 2.43 bits per heavy atom. The Morgan fingerprint density at radius 2 is 1.87 bits per heavy atom. The van der Waals surface area contributed by atoms with Crippen molar-refractivity contribution in [2.45, 2.75) is 11.8 Å². The summed E-state index contributed by atoms with van der Waals surface area (Å²) in [6, 6.07) is 9.47. The molecule has 0 spiro atoms. The van der Waals surface area contributed by atoms with Gasteiger partial charge in [-0.3, -0.25) is 4.79 Å². The first-order valence-electron chi connectivity index (χ1n) is 6.64. The van der Waals surface area contributed by atoms with Crippen LogP contribution in [0.25, 0.3) is 17.4 Å². The number of hydrazone groups is 1. The number of nitrogens with one attached hydrogen (secondary N) is 1. The van der Waals surface area contributed by atoms with Crippen molar-refractivity contribution in [1.82, 2.24) is 5.43 Å². The van der Waals surface area contributed by atoms with E-state index in [2.05, 4.69) is 10.5 Å². The summed E-state index contributed by atoms with van der Waals surface area (Å²) in [4.78, 5) is 11.6. The third-order valence-electron chi connectivity index (χ3n) is 3.34.